The van der Waals surface area contributed by atoms with Crippen LogP contribution < -0.4 is 0 Å². The highest BCUT2D eigenvalue weighted by Gasteiger charge is 2.02. The molecule has 46 valence electrons. The van der Waals surface area contributed by atoms with Gasteiger partial charge in [0.1, 0.15) is 0 Å². The zero-order chi connectivity index (χ0) is 6.57. The number of halogens is 1. The summed E-state index contributed by atoms with van der Waals surface area (Å²) in [6, 6.07) is 0. The molecule has 0 aromatic carbocycles. The van der Waals surface area contributed by atoms with Gasteiger partial charge in [-0.3, -0.25) is 4.39 Å². The van der Waals surface area contributed by atoms with E-state index in [1.807, 2.05) is 13.8 Å². The molecule has 0 bridgehead atoms. The van der Waals surface area contributed by atoms with E-state index in [4.69, 9.17) is 7.85 Å². The van der Waals surface area contributed by atoms with Crippen molar-refractivity contribution < 1.29 is 4.39 Å². The molecule has 2 atom stereocenters. The Balaban J connectivity index is 3.10. The van der Waals surface area contributed by atoms with E-state index in [1.165, 1.54) is 0 Å². The Hall–Kier alpha value is -0.00506. The van der Waals surface area contributed by atoms with Crippen LogP contribution >= 0.6 is 0 Å². The summed E-state index contributed by atoms with van der Waals surface area (Å²) < 4.78 is 11.7. The Kier molecular flexibility index (Phi) is 3.93. The van der Waals surface area contributed by atoms with Crippen molar-refractivity contribution in [3.05, 3.63) is 0 Å². The minimum absolute atomic E-state index is 0.134. The van der Waals surface area contributed by atoms with Gasteiger partial charge in [0.15, 0.2) is 0 Å². The van der Waals surface area contributed by atoms with Gasteiger partial charge in [-0.2, -0.15) is 0 Å². The second-order valence-electron chi connectivity index (χ2n) is 2.47. The Bertz CT molecular complexity index is 54.5. The number of hydrogen-bond acceptors (Lipinski definition) is 0. The zero-order valence-corrected chi connectivity index (χ0v) is 5.52. The lowest BCUT2D eigenvalue weighted by molar-refractivity contribution is 0.364. The zero-order valence-electron chi connectivity index (χ0n) is 5.52. The monoisotopic (exact) mass is 114 g/mol. The van der Waals surface area contributed by atoms with Gasteiger partial charge in [0.05, 0.1) is 14.5 Å². The van der Waals surface area contributed by atoms with Crippen molar-refractivity contribution in [1.82, 2.24) is 0 Å². The molecule has 0 heterocycles. The molecule has 0 spiro atoms. The molecule has 2 radical (unpaired) electrons. The van der Waals surface area contributed by atoms with E-state index in [1.54, 1.807) is 0 Å². The van der Waals surface area contributed by atoms with Crippen molar-refractivity contribution in [3.63, 3.8) is 0 Å². The molecule has 0 aliphatic rings. The SMILES string of the molecule is [B]C(C)CC(C)CF. The Labute approximate surface area is 51.9 Å². The van der Waals surface area contributed by atoms with Crippen molar-refractivity contribution >= 4 is 7.85 Å². The van der Waals surface area contributed by atoms with Crippen LogP contribution in [0, 0.1) is 5.92 Å². The predicted octanol–water partition coefficient (Wildman–Crippen LogP) is 1.96. The minimum Gasteiger partial charge on any atom is -0.251 e. The molecule has 0 rings (SSSR count). The molecule has 0 fully saturated rings. The van der Waals surface area contributed by atoms with E-state index >= 15 is 0 Å². The maximum absolute atomic E-state index is 11.7. The van der Waals surface area contributed by atoms with Gasteiger partial charge in [0, 0.05) is 0 Å². The molecule has 0 N–H and O–H groups in total. The fourth-order valence-electron chi connectivity index (χ4n) is 0.698. The summed E-state index contributed by atoms with van der Waals surface area (Å²) in [5, 5.41) is 0. The van der Waals surface area contributed by atoms with Crippen LogP contribution in [0.25, 0.3) is 0 Å². The molecule has 0 aliphatic carbocycles. The standard InChI is InChI=1S/C6H12BF/c1-5(4-8)3-6(2)7/h5-6H,3-4H2,1-2H3. The molecular formula is C6H12BF. The van der Waals surface area contributed by atoms with Crippen molar-refractivity contribution in [3.8, 4) is 0 Å². The maximum atomic E-state index is 11.7. The molecule has 0 aliphatic heterocycles. The normalized spacial score (nSPS) is 17.9. The summed E-state index contributed by atoms with van der Waals surface area (Å²) in [7, 11) is 5.40. The predicted molar refractivity (Wildman–Crippen MR) is 34.9 cm³/mol. The highest BCUT2D eigenvalue weighted by Crippen LogP contribution is 2.12. The van der Waals surface area contributed by atoms with Crippen LogP contribution in [0.3, 0.4) is 0 Å². The van der Waals surface area contributed by atoms with Gasteiger partial charge in [-0.25, -0.2) is 0 Å². The first-order valence-corrected chi connectivity index (χ1v) is 2.98. The van der Waals surface area contributed by atoms with Gasteiger partial charge >= 0.3 is 0 Å². The first-order chi connectivity index (χ1) is 3.66. The first kappa shape index (κ1) is 7.99. The van der Waals surface area contributed by atoms with E-state index in [0.29, 0.717) is 0 Å². The number of alkyl halides is 1. The van der Waals surface area contributed by atoms with E-state index in [2.05, 4.69) is 0 Å². The second kappa shape index (κ2) is 3.93. The molecule has 0 amide bonds. The van der Waals surface area contributed by atoms with Crippen LogP contribution in [-0.2, 0) is 0 Å². The molecule has 0 saturated heterocycles. The lowest BCUT2D eigenvalue weighted by atomic mass is 9.82. The molecule has 8 heavy (non-hydrogen) atoms. The van der Waals surface area contributed by atoms with Crippen molar-refractivity contribution in [2.75, 3.05) is 6.67 Å². The first-order valence-electron chi connectivity index (χ1n) is 2.98. The summed E-state index contributed by atoms with van der Waals surface area (Å²) in [6.07, 6.45) is 0.788. The Morgan fingerprint density at radius 1 is 1.50 bits per heavy atom. The van der Waals surface area contributed by atoms with Crippen LogP contribution in [-0.4, -0.2) is 14.5 Å². The van der Waals surface area contributed by atoms with Gasteiger partial charge in [0.25, 0.3) is 0 Å². The average Bonchev–Trinajstić information content (AvgIpc) is 1.65. The minimum atomic E-state index is -0.248. The van der Waals surface area contributed by atoms with E-state index in [0.717, 1.165) is 6.42 Å². The Morgan fingerprint density at radius 3 is 2.12 bits per heavy atom. The van der Waals surface area contributed by atoms with Crippen LogP contribution in [0.15, 0.2) is 0 Å². The van der Waals surface area contributed by atoms with E-state index in [9.17, 15) is 4.39 Å². The van der Waals surface area contributed by atoms with Gasteiger partial charge in [-0.1, -0.05) is 26.1 Å². The maximum Gasteiger partial charge on any atom is 0.0919 e. The Morgan fingerprint density at radius 2 is 2.00 bits per heavy atom. The third kappa shape index (κ3) is 4.16. The number of hydrogen-bond donors (Lipinski definition) is 0. The molecule has 0 aromatic heterocycles. The van der Waals surface area contributed by atoms with Crippen LogP contribution in [0.5, 0.6) is 0 Å². The fourth-order valence-corrected chi connectivity index (χ4v) is 0.698. The third-order valence-electron chi connectivity index (χ3n) is 1.04. The van der Waals surface area contributed by atoms with Gasteiger partial charge < -0.3 is 0 Å². The van der Waals surface area contributed by atoms with Crippen molar-refractivity contribution in [2.24, 2.45) is 5.92 Å². The quantitative estimate of drug-likeness (QED) is 0.492. The highest BCUT2D eigenvalue weighted by molar-refractivity contribution is 6.11. The lowest BCUT2D eigenvalue weighted by Crippen LogP contribution is -1.99. The third-order valence-corrected chi connectivity index (χ3v) is 1.04. The van der Waals surface area contributed by atoms with Crippen molar-refractivity contribution in [2.45, 2.75) is 26.1 Å². The largest absolute Gasteiger partial charge is 0.251 e. The fraction of sp³-hybridized carbons (Fsp3) is 1.00. The highest BCUT2D eigenvalue weighted by atomic mass is 19.1. The number of rotatable bonds is 3. The van der Waals surface area contributed by atoms with Crippen LogP contribution in [0.2, 0.25) is 5.82 Å². The average molecular weight is 114 g/mol. The lowest BCUT2D eigenvalue weighted by Gasteiger charge is -2.08. The second-order valence-corrected chi connectivity index (χ2v) is 2.47. The molecule has 0 aromatic rings. The van der Waals surface area contributed by atoms with Crippen LogP contribution in [0.1, 0.15) is 20.3 Å². The summed E-state index contributed by atoms with van der Waals surface area (Å²) in [4.78, 5) is 0. The molecule has 0 nitrogen and oxygen atoms in total. The molecular weight excluding hydrogens is 102 g/mol. The van der Waals surface area contributed by atoms with E-state index in [-0.39, 0.29) is 18.4 Å². The van der Waals surface area contributed by atoms with Gasteiger partial charge in [-0.05, 0) is 5.92 Å². The molecule has 2 unspecified atom stereocenters. The van der Waals surface area contributed by atoms with Crippen molar-refractivity contribution in [1.29, 1.82) is 0 Å². The molecule has 2 heteroatoms. The summed E-state index contributed by atoms with van der Waals surface area (Å²) in [6.45, 7) is 3.51. The van der Waals surface area contributed by atoms with Gasteiger partial charge in [0.2, 0.25) is 0 Å². The summed E-state index contributed by atoms with van der Waals surface area (Å²) in [5.41, 5.74) is 0. The summed E-state index contributed by atoms with van der Waals surface area (Å²) in [5.74, 6) is 0.274. The van der Waals surface area contributed by atoms with E-state index < -0.39 is 0 Å². The molecule has 0 saturated carbocycles. The summed E-state index contributed by atoms with van der Waals surface area (Å²) >= 11 is 0. The smallest absolute Gasteiger partial charge is 0.0919 e. The van der Waals surface area contributed by atoms with Gasteiger partial charge in [-0.15, -0.1) is 0 Å². The van der Waals surface area contributed by atoms with Crippen LogP contribution in [0.4, 0.5) is 4.39 Å². The topological polar surface area (TPSA) is 0 Å².